The summed E-state index contributed by atoms with van der Waals surface area (Å²) in [5, 5.41) is 11.4. The van der Waals surface area contributed by atoms with Gasteiger partial charge in [-0.1, -0.05) is 37.0 Å². The van der Waals surface area contributed by atoms with Crippen LogP contribution in [-0.2, 0) is 4.79 Å². The van der Waals surface area contributed by atoms with E-state index in [-0.39, 0.29) is 24.2 Å². The smallest absolute Gasteiger partial charge is 0.319 e. The van der Waals surface area contributed by atoms with E-state index < -0.39 is 17.6 Å². The molecule has 0 radical (unpaired) electrons. The lowest BCUT2D eigenvalue weighted by Crippen LogP contribution is -2.44. The van der Waals surface area contributed by atoms with Gasteiger partial charge in [-0.2, -0.15) is 0 Å². The van der Waals surface area contributed by atoms with Gasteiger partial charge < -0.3 is 9.67 Å². The van der Waals surface area contributed by atoms with Crippen molar-refractivity contribution >= 4 is 22.8 Å². The zero-order valence-electron chi connectivity index (χ0n) is 19.8. The molecule has 4 aromatic rings. The lowest BCUT2D eigenvalue weighted by molar-refractivity contribution is -0.138. The van der Waals surface area contributed by atoms with E-state index >= 15 is 0 Å². The molecule has 0 spiro atoms. The third-order valence-corrected chi connectivity index (χ3v) is 6.48. The largest absolute Gasteiger partial charge is 0.480 e. The number of aliphatic carboxylic acids is 1. The number of carbonyl (C=O) groups is 1. The second kappa shape index (κ2) is 9.98. The molecular formula is C26H26F2N6O2. The van der Waals surface area contributed by atoms with Crippen molar-refractivity contribution < 1.29 is 18.7 Å². The van der Waals surface area contributed by atoms with E-state index in [0.29, 0.717) is 16.6 Å². The van der Waals surface area contributed by atoms with E-state index in [9.17, 15) is 18.7 Å². The third-order valence-electron chi connectivity index (χ3n) is 6.48. The molecule has 0 atom stereocenters. The SMILES string of the molecule is Cc1ccc(-n2cc(-c3ncc(F)c(NN(CC(=O)O)C4CCCCC4)n3)c3cc(F)cnc32)cc1. The van der Waals surface area contributed by atoms with Crippen LogP contribution in [0.3, 0.4) is 0 Å². The summed E-state index contributed by atoms with van der Waals surface area (Å²) < 4.78 is 30.8. The minimum atomic E-state index is -1.02. The van der Waals surface area contributed by atoms with E-state index in [1.54, 1.807) is 6.20 Å². The normalized spacial score (nSPS) is 14.4. The van der Waals surface area contributed by atoms with Gasteiger partial charge in [-0.05, 0) is 38.0 Å². The van der Waals surface area contributed by atoms with Crippen molar-refractivity contribution in [3.63, 3.8) is 0 Å². The van der Waals surface area contributed by atoms with Crippen molar-refractivity contribution in [2.24, 2.45) is 0 Å². The number of hydrogen-bond acceptors (Lipinski definition) is 6. The van der Waals surface area contributed by atoms with Gasteiger partial charge in [0.15, 0.2) is 17.5 Å². The number of benzene rings is 1. The molecule has 1 aliphatic rings. The first kappa shape index (κ1) is 23.8. The first-order chi connectivity index (χ1) is 17.4. The Morgan fingerprint density at radius 2 is 1.89 bits per heavy atom. The zero-order valence-corrected chi connectivity index (χ0v) is 19.8. The van der Waals surface area contributed by atoms with Crippen molar-refractivity contribution in [2.75, 3.05) is 12.0 Å². The van der Waals surface area contributed by atoms with E-state index in [2.05, 4.69) is 20.4 Å². The molecule has 10 heteroatoms. The first-order valence-corrected chi connectivity index (χ1v) is 11.9. The van der Waals surface area contributed by atoms with Crippen LogP contribution < -0.4 is 5.43 Å². The summed E-state index contributed by atoms with van der Waals surface area (Å²) in [6, 6.07) is 9.08. The molecule has 3 heterocycles. The van der Waals surface area contributed by atoms with Gasteiger partial charge >= 0.3 is 5.97 Å². The Kier molecular flexibility index (Phi) is 6.60. The number of hydrazine groups is 1. The second-order valence-corrected chi connectivity index (χ2v) is 9.09. The second-order valence-electron chi connectivity index (χ2n) is 9.09. The van der Waals surface area contributed by atoms with Gasteiger partial charge in [0.25, 0.3) is 0 Å². The quantitative estimate of drug-likeness (QED) is 0.346. The number of nitrogens with zero attached hydrogens (tertiary/aromatic N) is 5. The molecule has 186 valence electrons. The van der Waals surface area contributed by atoms with E-state index in [0.717, 1.165) is 55.7 Å². The van der Waals surface area contributed by atoms with Crippen LogP contribution in [0.1, 0.15) is 37.7 Å². The van der Waals surface area contributed by atoms with Crippen LogP contribution in [0.15, 0.2) is 48.9 Å². The number of aryl methyl sites for hydroxylation is 1. The summed E-state index contributed by atoms with van der Waals surface area (Å²) in [6.07, 6.45) is 8.61. The Morgan fingerprint density at radius 1 is 1.14 bits per heavy atom. The molecule has 36 heavy (non-hydrogen) atoms. The summed E-state index contributed by atoms with van der Waals surface area (Å²) in [6.45, 7) is 1.68. The molecule has 0 aliphatic heterocycles. The van der Waals surface area contributed by atoms with Crippen molar-refractivity contribution in [3.05, 3.63) is 66.1 Å². The lowest BCUT2D eigenvalue weighted by Gasteiger charge is -2.33. The van der Waals surface area contributed by atoms with E-state index in [4.69, 9.17) is 0 Å². The maximum absolute atomic E-state index is 14.8. The summed E-state index contributed by atoms with van der Waals surface area (Å²) in [5.74, 6) is -2.22. The van der Waals surface area contributed by atoms with Gasteiger partial charge in [-0.25, -0.2) is 28.7 Å². The summed E-state index contributed by atoms with van der Waals surface area (Å²) in [5.41, 5.74) is 5.79. The highest BCUT2D eigenvalue weighted by atomic mass is 19.1. The number of hydrogen-bond donors (Lipinski definition) is 2. The number of carboxylic acid groups (broad SMARTS) is 1. The Bertz CT molecular complexity index is 1400. The number of carboxylic acids is 1. The number of rotatable bonds is 7. The van der Waals surface area contributed by atoms with Crippen LogP contribution >= 0.6 is 0 Å². The summed E-state index contributed by atoms with van der Waals surface area (Å²) in [4.78, 5) is 24.3. The molecule has 0 bridgehead atoms. The molecular weight excluding hydrogens is 466 g/mol. The Labute approximate surface area is 206 Å². The summed E-state index contributed by atoms with van der Waals surface area (Å²) >= 11 is 0. The van der Waals surface area contributed by atoms with Gasteiger partial charge in [0.2, 0.25) is 0 Å². The highest BCUT2D eigenvalue weighted by molar-refractivity contribution is 5.93. The van der Waals surface area contributed by atoms with Gasteiger partial charge in [-0.15, -0.1) is 0 Å². The van der Waals surface area contributed by atoms with Crippen LogP contribution in [0.5, 0.6) is 0 Å². The summed E-state index contributed by atoms with van der Waals surface area (Å²) in [7, 11) is 0. The molecule has 2 N–H and O–H groups in total. The number of anilines is 1. The minimum absolute atomic E-state index is 0.0468. The molecule has 0 amide bonds. The van der Waals surface area contributed by atoms with Crippen molar-refractivity contribution in [1.82, 2.24) is 24.5 Å². The molecule has 1 saturated carbocycles. The average Bonchev–Trinajstić information content (AvgIpc) is 3.24. The fourth-order valence-corrected chi connectivity index (χ4v) is 4.67. The fraction of sp³-hybridized carbons (Fsp3) is 0.308. The van der Waals surface area contributed by atoms with Gasteiger partial charge in [0.05, 0.1) is 12.4 Å². The zero-order chi connectivity index (χ0) is 25.2. The molecule has 1 aromatic carbocycles. The lowest BCUT2D eigenvalue weighted by atomic mass is 9.95. The number of pyridine rings is 1. The Morgan fingerprint density at radius 3 is 2.61 bits per heavy atom. The predicted molar refractivity (Wildman–Crippen MR) is 132 cm³/mol. The maximum Gasteiger partial charge on any atom is 0.319 e. The fourth-order valence-electron chi connectivity index (χ4n) is 4.67. The Hall–Kier alpha value is -3.92. The average molecular weight is 493 g/mol. The molecule has 3 aromatic heterocycles. The molecule has 1 aliphatic carbocycles. The van der Waals surface area contributed by atoms with Crippen LogP contribution in [0, 0.1) is 18.6 Å². The molecule has 0 unspecified atom stereocenters. The van der Waals surface area contributed by atoms with Gasteiger partial charge in [-0.3, -0.25) is 10.2 Å². The molecule has 0 saturated heterocycles. The minimum Gasteiger partial charge on any atom is -0.480 e. The van der Waals surface area contributed by atoms with E-state index in [1.165, 1.54) is 11.1 Å². The highest BCUT2D eigenvalue weighted by Crippen LogP contribution is 2.31. The molecule has 8 nitrogen and oxygen atoms in total. The maximum atomic E-state index is 14.8. The molecule has 5 rings (SSSR count). The van der Waals surface area contributed by atoms with Crippen LogP contribution in [-0.4, -0.2) is 48.2 Å². The number of aromatic nitrogens is 4. The topological polar surface area (TPSA) is 96.2 Å². The van der Waals surface area contributed by atoms with Crippen molar-refractivity contribution in [2.45, 2.75) is 45.1 Å². The third kappa shape index (κ3) is 4.90. The molecule has 1 fully saturated rings. The van der Waals surface area contributed by atoms with Crippen molar-refractivity contribution in [1.29, 1.82) is 0 Å². The van der Waals surface area contributed by atoms with E-state index in [1.807, 2.05) is 35.8 Å². The van der Waals surface area contributed by atoms with Crippen LogP contribution in [0.25, 0.3) is 28.1 Å². The number of halogens is 2. The van der Waals surface area contributed by atoms with Crippen LogP contribution in [0.4, 0.5) is 14.6 Å². The standard InChI is InChI=1S/C26H26F2N6O2/c1-16-7-9-18(10-8-16)33-14-21(20-11-17(27)12-30-26(20)33)24-29-13-22(28)25(31-24)32-34(15-23(35)36)19-5-3-2-4-6-19/h7-14,19H,2-6,15H2,1H3,(H,35,36)(H,29,31,32). The van der Waals surface area contributed by atoms with Gasteiger partial charge in [0.1, 0.15) is 18.0 Å². The monoisotopic (exact) mass is 492 g/mol. The first-order valence-electron chi connectivity index (χ1n) is 11.9. The van der Waals surface area contributed by atoms with Crippen molar-refractivity contribution in [3.8, 4) is 17.1 Å². The number of fused-ring (bicyclic) bond motifs is 1. The highest BCUT2D eigenvalue weighted by Gasteiger charge is 2.25. The Balaban J connectivity index is 1.56. The predicted octanol–water partition coefficient (Wildman–Crippen LogP) is 5.12. The van der Waals surface area contributed by atoms with Gasteiger partial charge in [0, 0.05) is 28.9 Å². The number of nitrogens with one attached hydrogen (secondary N) is 1. The van der Waals surface area contributed by atoms with Crippen LogP contribution in [0.2, 0.25) is 0 Å².